The Morgan fingerprint density at radius 1 is 1.25 bits per heavy atom. The van der Waals surface area contributed by atoms with Crippen LogP contribution in [0.1, 0.15) is 17.3 Å². The molecular formula is C9H11BrO2. The van der Waals surface area contributed by atoms with Crippen molar-refractivity contribution in [2.45, 2.75) is 6.92 Å². The predicted molar refractivity (Wildman–Crippen MR) is 52.3 cm³/mol. The van der Waals surface area contributed by atoms with Crippen LogP contribution in [-0.2, 0) is 0 Å². The summed E-state index contributed by atoms with van der Waals surface area (Å²) < 4.78 is 0.998. The molecule has 1 aromatic rings. The Morgan fingerprint density at radius 2 is 1.67 bits per heavy atom. The third-order valence-electron chi connectivity index (χ3n) is 1.25. The normalized spacial score (nSPS) is 8.33. The summed E-state index contributed by atoms with van der Waals surface area (Å²) in [6.07, 6.45) is 0. The van der Waals surface area contributed by atoms with Gasteiger partial charge in [0.05, 0.1) is 0 Å². The van der Waals surface area contributed by atoms with E-state index in [0.717, 1.165) is 17.1 Å². The number of benzene rings is 1. The van der Waals surface area contributed by atoms with Crippen LogP contribution in [0.25, 0.3) is 0 Å². The number of Topliss-reactive ketones (excluding diaryl/α,β-unsaturated/α-hetero) is 1. The molecule has 0 unspecified atom stereocenters. The van der Waals surface area contributed by atoms with Crippen LogP contribution in [0.5, 0.6) is 0 Å². The highest BCUT2D eigenvalue weighted by molar-refractivity contribution is 9.10. The first-order valence-electron chi connectivity index (χ1n) is 3.41. The van der Waals surface area contributed by atoms with Crippen molar-refractivity contribution in [3.8, 4) is 0 Å². The number of ketones is 1. The molecule has 0 aliphatic rings. The molecule has 0 radical (unpaired) electrons. The number of carbonyl (C=O) groups is 1. The number of rotatable bonds is 1. The van der Waals surface area contributed by atoms with Crippen molar-refractivity contribution in [2.24, 2.45) is 0 Å². The zero-order chi connectivity index (χ0) is 9.56. The van der Waals surface area contributed by atoms with Gasteiger partial charge in [-0.2, -0.15) is 0 Å². The predicted octanol–water partition coefficient (Wildman–Crippen LogP) is 2.26. The molecule has 0 aliphatic heterocycles. The molecule has 66 valence electrons. The molecule has 0 saturated carbocycles. The summed E-state index contributed by atoms with van der Waals surface area (Å²) in [5.74, 6) is 0.104. The lowest BCUT2D eigenvalue weighted by Crippen LogP contribution is -1.89. The fourth-order valence-corrected chi connectivity index (χ4v) is 0.949. The standard InChI is InChI=1S/C8H7BrO.CH4O/c1-6(10)7-2-4-8(9)5-3-7;1-2/h2-5H,1H3;2H,1H3. The number of hydrogen-bond acceptors (Lipinski definition) is 2. The molecule has 0 heterocycles. The number of aliphatic hydroxyl groups excluding tert-OH is 1. The zero-order valence-corrected chi connectivity index (χ0v) is 8.63. The van der Waals surface area contributed by atoms with Crippen LogP contribution in [0.15, 0.2) is 28.7 Å². The van der Waals surface area contributed by atoms with Crippen molar-refractivity contribution in [2.75, 3.05) is 7.11 Å². The van der Waals surface area contributed by atoms with Gasteiger partial charge in [-0.3, -0.25) is 4.79 Å². The van der Waals surface area contributed by atoms with E-state index in [9.17, 15) is 4.79 Å². The smallest absolute Gasteiger partial charge is 0.159 e. The van der Waals surface area contributed by atoms with Crippen LogP contribution in [0.4, 0.5) is 0 Å². The average molecular weight is 231 g/mol. The van der Waals surface area contributed by atoms with Crippen molar-refractivity contribution >= 4 is 21.7 Å². The van der Waals surface area contributed by atoms with Gasteiger partial charge in [0.1, 0.15) is 0 Å². The van der Waals surface area contributed by atoms with E-state index in [1.807, 2.05) is 12.1 Å². The number of carbonyl (C=O) groups excluding carboxylic acids is 1. The van der Waals surface area contributed by atoms with E-state index >= 15 is 0 Å². The molecule has 12 heavy (non-hydrogen) atoms. The first-order valence-corrected chi connectivity index (χ1v) is 4.20. The van der Waals surface area contributed by atoms with Crippen LogP contribution in [0.2, 0.25) is 0 Å². The Kier molecular flexibility index (Phi) is 5.58. The molecule has 0 aromatic heterocycles. The van der Waals surface area contributed by atoms with E-state index in [2.05, 4.69) is 15.9 Å². The molecule has 2 nitrogen and oxygen atoms in total. The summed E-state index contributed by atoms with van der Waals surface area (Å²) in [6, 6.07) is 7.31. The van der Waals surface area contributed by atoms with Crippen molar-refractivity contribution in [3.63, 3.8) is 0 Å². The van der Waals surface area contributed by atoms with Gasteiger partial charge in [0.25, 0.3) is 0 Å². The van der Waals surface area contributed by atoms with Crippen LogP contribution in [0.3, 0.4) is 0 Å². The Balaban J connectivity index is 0.000000561. The molecule has 0 saturated heterocycles. The van der Waals surface area contributed by atoms with Crippen molar-refractivity contribution in [3.05, 3.63) is 34.3 Å². The Bertz CT molecular complexity index is 241. The quantitative estimate of drug-likeness (QED) is 0.752. The van der Waals surface area contributed by atoms with E-state index in [1.165, 1.54) is 0 Å². The minimum atomic E-state index is 0.104. The topological polar surface area (TPSA) is 37.3 Å². The number of halogens is 1. The second-order valence-corrected chi connectivity index (χ2v) is 2.98. The summed E-state index contributed by atoms with van der Waals surface area (Å²) in [5, 5.41) is 7.00. The third-order valence-corrected chi connectivity index (χ3v) is 1.78. The summed E-state index contributed by atoms with van der Waals surface area (Å²) in [4.78, 5) is 10.7. The molecule has 1 aromatic carbocycles. The minimum Gasteiger partial charge on any atom is -0.400 e. The monoisotopic (exact) mass is 230 g/mol. The van der Waals surface area contributed by atoms with Gasteiger partial charge in [0.2, 0.25) is 0 Å². The summed E-state index contributed by atoms with van der Waals surface area (Å²) in [6.45, 7) is 1.56. The maximum Gasteiger partial charge on any atom is 0.159 e. The molecule has 1 rings (SSSR count). The highest BCUT2D eigenvalue weighted by Crippen LogP contribution is 2.10. The van der Waals surface area contributed by atoms with Gasteiger partial charge in [-0.1, -0.05) is 28.1 Å². The lowest BCUT2D eigenvalue weighted by molar-refractivity contribution is 0.101. The Hall–Kier alpha value is -0.670. The highest BCUT2D eigenvalue weighted by atomic mass is 79.9. The van der Waals surface area contributed by atoms with Gasteiger partial charge in [-0.15, -0.1) is 0 Å². The molecular weight excluding hydrogens is 220 g/mol. The van der Waals surface area contributed by atoms with Crippen LogP contribution >= 0.6 is 15.9 Å². The summed E-state index contributed by atoms with van der Waals surface area (Å²) >= 11 is 3.28. The van der Waals surface area contributed by atoms with Gasteiger partial charge in [-0.25, -0.2) is 0 Å². The lowest BCUT2D eigenvalue weighted by atomic mass is 10.2. The van der Waals surface area contributed by atoms with Crippen molar-refractivity contribution in [1.29, 1.82) is 0 Å². The molecule has 0 spiro atoms. The lowest BCUT2D eigenvalue weighted by Gasteiger charge is -1.92. The van der Waals surface area contributed by atoms with Crippen LogP contribution in [0, 0.1) is 0 Å². The molecule has 0 fully saturated rings. The van der Waals surface area contributed by atoms with Gasteiger partial charge >= 0.3 is 0 Å². The maximum absolute atomic E-state index is 10.7. The van der Waals surface area contributed by atoms with Gasteiger partial charge in [-0.05, 0) is 19.1 Å². The molecule has 0 atom stereocenters. The fraction of sp³-hybridized carbons (Fsp3) is 0.222. The Labute approximate surface area is 80.4 Å². The summed E-state index contributed by atoms with van der Waals surface area (Å²) in [7, 11) is 1.00. The first-order chi connectivity index (χ1) is 5.70. The van der Waals surface area contributed by atoms with Crippen LogP contribution < -0.4 is 0 Å². The van der Waals surface area contributed by atoms with E-state index < -0.39 is 0 Å². The highest BCUT2D eigenvalue weighted by Gasteiger charge is 1.95. The van der Waals surface area contributed by atoms with Crippen molar-refractivity contribution in [1.82, 2.24) is 0 Å². The SMILES string of the molecule is CC(=O)c1ccc(Br)cc1.CO. The maximum atomic E-state index is 10.7. The van der Waals surface area contributed by atoms with Gasteiger partial charge in [0.15, 0.2) is 5.78 Å². The van der Waals surface area contributed by atoms with E-state index in [1.54, 1.807) is 19.1 Å². The molecule has 1 N–H and O–H groups in total. The Morgan fingerprint density at radius 3 is 2.00 bits per heavy atom. The van der Waals surface area contributed by atoms with E-state index in [0.29, 0.717) is 0 Å². The van der Waals surface area contributed by atoms with Crippen molar-refractivity contribution < 1.29 is 9.90 Å². The second kappa shape index (κ2) is 5.91. The average Bonchev–Trinajstić information content (AvgIpc) is 2.09. The van der Waals surface area contributed by atoms with Gasteiger partial charge in [0, 0.05) is 17.1 Å². The fourth-order valence-electron chi connectivity index (χ4n) is 0.685. The molecule has 0 aliphatic carbocycles. The molecule has 0 amide bonds. The largest absolute Gasteiger partial charge is 0.400 e. The number of hydrogen-bond donors (Lipinski definition) is 1. The van der Waals surface area contributed by atoms with E-state index in [4.69, 9.17) is 5.11 Å². The second-order valence-electron chi connectivity index (χ2n) is 2.06. The zero-order valence-electron chi connectivity index (χ0n) is 7.04. The third kappa shape index (κ3) is 3.64. The molecule has 3 heteroatoms. The molecule has 0 bridgehead atoms. The van der Waals surface area contributed by atoms with E-state index in [-0.39, 0.29) is 5.78 Å². The van der Waals surface area contributed by atoms with Gasteiger partial charge < -0.3 is 5.11 Å². The number of aliphatic hydroxyl groups is 1. The minimum absolute atomic E-state index is 0.104. The first kappa shape index (κ1) is 11.3. The van der Waals surface area contributed by atoms with Crippen LogP contribution in [-0.4, -0.2) is 18.0 Å². The summed E-state index contributed by atoms with van der Waals surface area (Å²) in [5.41, 5.74) is 0.753.